The van der Waals surface area contributed by atoms with Crippen molar-refractivity contribution in [1.82, 2.24) is 0 Å². The molecule has 15 heavy (non-hydrogen) atoms. The maximum atomic E-state index is 5.53. The van der Waals surface area contributed by atoms with Crippen LogP contribution in [0.3, 0.4) is 0 Å². The molecule has 4 nitrogen and oxygen atoms in total. The van der Waals surface area contributed by atoms with Crippen LogP contribution >= 0.6 is 0 Å². The normalized spacial score (nSPS) is 12.0. The Morgan fingerprint density at radius 3 is 2.07 bits per heavy atom. The van der Waals surface area contributed by atoms with E-state index in [1.165, 1.54) is 19.3 Å². The molecule has 0 N–H and O–H groups in total. The van der Waals surface area contributed by atoms with Crippen molar-refractivity contribution in [3.63, 3.8) is 0 Å². The third kappa shape index (κ3) is 6.27. The summed E-state index contributed by atoms with van der Waals surface area (Å²) in [7, 11) is 2.45. The monoisotopic (exact) mass is 236 g/mol. The summed E-state index contributed by atoms with van der Waals surface area (Å²) in [6, 6.07) is 0.864. The lowest BCUT2D eigenvalue weighted by molar-refractivity contribution is -0.0109. The van der Waals surface area contributed by atoms with E-state index in [0.29, 0.717) is 0 Å². The lowest BCUT2D eigenvalue weighted by Gasteiger charge is -2.25. The quantitative estimate of drug-likeness (QED) is 0.332. The largest absolute Gasteiger partial charge is 0.502 e. The van der Waals surface area contributed by atoms with Crippen molar-refractivity contribution in [2.75, 3.05) is 28.1 Å². The summed E-state index contributed by atoms with van der Waals surface area (Å²) in [6.45, 7) is 2.43. The van der Waals surface area contributed by atoms with Gasteiger partial charge in [0, 0.05) is 27.4 Å². The van der Waals surface area contributed by atoms with Crippen LogP contribution in [0.4, 0.5) is 0 Å². The molecule has 0 saturated carbocycles. The van der Waals surface area contributed by atoms with E-state index >= 15 is 0 Å². The molecule has 0 rings (SSSR count). The van der Waals surface area contributed by atoms with Crippen molar-refractivity contribution in [2.24, 2.45) is 0 Å². The highest BCUT2D eigenvalue weighted by Gasteiger charge is 2.38. The SMILES string of the molecule is CCCCCC[Si](OC)(OC)OCOC. The molecule has 0 fully saturated rings. The van der Waals surface area contributed by atoms with Crippen molar-refractivity contribution in [1.29, 1.82) is 0 Å². The van der Waals surface area contributed by atoms with Gasteiger partial charge in [-0.15, -0.1) is 0 Å². The van der Waals surface area contributed by atoms with Crippen molar-refractivity contribution in [3.05, 3.63) is 0 Å². The average molecular weight is 236 g/mol. The third-order valence-corrected chi connectivity index (χ3v) is 5.12. The second-order valence-electron chi connectivity index (χ2n) is 3.45. The smallest absolute Gasteiger partial charge is 0.377 e. The van der Waals surface area contributed by atoms with Gasteiger partial charge in [0.1, 0.15) is 6.79 Å². The van der Waals surface area contributed by atoms with Gasteiger partial charge in [-0.3, -0.25) is 0 Å². The molecule has 0 radical (unpaired) electrons. The molecule has 0 aliphatic heterocycles. The summed E-state index contributed by atoms with van der Waals surface area (Å²) < 4.78 is 21.2. The van der Waals surface area contributed by atoms with Gasteiger partial charge in [0.05, 0.1) is 0 Å². The first-order valence-electron chi connectivity index (χ1n) is 5.48. The molecule has 0 aromatic heterocycles. The number of rotatable bonds is 10. The van der Waals surface area contributed by atoms with E-state index in [9.17, 15) is 0 Å². The summed E-state index contributed by atoms with van der Waals surface area (Å²) in [4.78, 5) is 0. The predicted molar refractivity (Wildman–Crippen MR) is 61.7 cm³/mol. The first-order valence-corrected chi connectivity index (χ1v) is 7.41. The summed E-state index contributed by atoms with van der Waals surface area (Å²) in [5, 5.41) is 0. The minimum absolute atomic E-state index is 0.238. The molecule has 0 aromatic carbocycles. The maximum absolute atomic E-state index is 5.53. The van der Waals surface area contributed by atoms with Crippen LogP contribution in [-0.4, -0.2) is 36.9 Å². The van der Waals surface area contributed by atoms with Gasteiger partial charge in [-0.2, -0.15) is 0 Å². The standard InChI is InChI=1S/C10H24O4Si/c1-5-6-7-8-9-15(12-3,13-4)14-10-11-2/h5-10H2,1-4H3. The van der Waals surface area contributed by atoms with Crippen molar-refractivity contribution < 1.29 is 18.0 Å². The number of hydrogen-bond donors (Lipinski definition) is 0. The topological polar surface area (TPSA) is 36.9 Å². The van der Waals surface area contributed by atoms with Crippen molar-refractivity contribution >= 4 is 8.80 Å². The molecular formula is C10H24O4Si. The van der Waals surface area contributed by atoms with Gasteiger partial charge >= 0.3 is 8.80 Å². The molecule has 0 aliphatic carbocycles. The van der Waals surface area contributed by atoms with Crippen LogP contribution < -0.4 is 0 Å². The van der Waals surface area contributed by atoms with Crippen molar-refractivity contribution in [2.45, 2.75) is 38.7 Å². The van der Waals surface area contributed by atoms with Gasteiger partial charge in [0.15, 0.2) is 0 Å². The zero-order valence-corrected chi connectivity index (χ0v) is 11.4. The van der Waals surface area contributed by atoms with Crippen LogP contribution in [0.1, 0.15) is 32.6 Å². The molecule has 0 amide bonds. The first-order chi connectivity index (χ1) is 7.24. The van der Waals surface area contributed by atoms with Crippen LogP contribution in [0.2, 0.25) is 6.04 Å². The lowest BCUT2D eigenvalue weighted by Crippen LogP contribution is -2.44. The van der Waals surface area contributed by atoms with E-state index in [-0.39, 0.29) is 6.79 Å². The highest BCUT2D eigenvalue weighted by Crippen LogP contribution is 2.18. The number of ether oxygens (including phenoxy) is 1. The van der Waals surface area contributed by atoms with Gasteiger partial charge in [0.25, 0.3) is 0 Å². The molecule has 0 aliphatic rings. The summed E-state index contributed by atoms with van der Waals surface area (Å²) in [5.41, 5.74) is 0. The van der Waals surface area contributed by atoms with Gasteiger partial charge in [-0.05, 0) is 6.42 Å². The van der Waals surface area contributed by atoms with E-state index in [1.54, 1.807) is 21.3 Å². The Hall–Kier alpha value is 0.0569. The maximum Gasteiger partial charge on any atom is 0.502 e. The van der Waals surface area contributed by atoms with E-state index in [4.69, 9.17) is 18.0 Å². The number of unbranched alkanes of at least 4 members (excludes halogenated alkanes) is 3. The Labute approximate surface area is 94.2 Å². The molecule has 92 valence electrons. The molecule has 0 heterocycles. The lowest BCUT2D eigenvalue weighted by atomic mass is 10.2. The second kappa shape index (κ2) is 9.29. The van der Waals surface area contributed by atoms with E-state index in [0.717, 1.165) is 12.5 Å². The fourth-order valence-corrected chi connectivity index (χ4v) is 3.33. The van der Waals surface area contributed by atoms with Gasteiger partial charge in [0.2, 0.25) is 0 Å². The van der Waals surface area contributed by atoms with Crippen LogP contribution in [0.5, 0.6) is 0 Å². The molecule has 0 bridgehead atoms. The summed E-state index contributed by atoms with van der Waals surface area (Å²) >= 11 is 0. The second-order valence-corrected chi connectivity index (χ2v) is 6.42. The molecule has 0 unspecified atom stereocenters. The van der Waals surface area contributed by atoms with Gasteiger partial charge in [-0.1, -0.05) is 26.2 Å². The molecule has 0 spiro atoms. The Morgan fingerprint density at radius 1 is 0.933 bits per heavy atom. The molecule has 0 saturated heterocycles. The van der Waals surface area contributed by atoms with Crippen molar-refractivity contribution in [3.8, 4) is 0 Å². The van der Waals surface area contributed by atoms with E-state index in [2.05, 4.69) is 6.92 Å². The Kier molecular flexibility index (Phi) is 9.33. The van der Waals surface area contributed by atoms with Crippen LogP contribution in [-0.2, 0) is 18.0 Å². The van der Waals surface area contributed by atoms with Crippen LogP contribution in [0.25, 0.3) is 0 Å². The zero-order valence-electron chi connectivity index (χ0n) is 10.4. The molecule has 0 aromatic rings. The zero-order chi connectivity index (χ0) is 11.6. The van der Waals surface area contributed by atoms with Crippen LogP contribution in [0, 0.1) is 0 Å². The fraction of sp³-hybridized carbons (Fsp3) is 1.00. The summed E-state index contributed by atoms with van der Waals surface area (Å²) in [5.74, 6) is 0. The first kappa shape index (κ1) is 15.1. The Morgan fingerprint density at radius 2 is 1.60 bits per heavy atom. The highest BCUT2D eigenvalue weighted by molar-refractivity contribution is 6.60. The average Bonchev–Trinajstić information content (AvgIpc) is 2.29. The predicted octanol–water partition coefficient (Wildman–Crippen LogP) is 2.42. The Bertz CT molecular complexity index is 139. The van der Waals surface area contributed by atoms with Gasteiger partial charge in [-0.25, -0.2) is 0 Å². The minimum Gasteiger partial charge on any atom is -0.377 e. The molecule has 5 heteroatoms. The molecule has 0 atom stereocenters. The number of hydrogen-bond acceptors (Lipinski definition) is 4. The fourth-order valence-electron chi connectivity index (χ4n) is 1.39. The van der Waals surface area contributed by atoms with Crippen LogP contribution in [0.15, 0.2) is 0 Å². The van der Waals surface area contributed by atoms with E-state index in [1.807, 2.05) is 0 Å². The number of methoxy groups -OCH3 is 1. The molecular weight excluding hydrogens is 212 g/mol. The minimum atomic E-state index is -2.44. The Balaban J connectivity index is 3.88. The highest BCUT2D eigenvalue weighted by atomic mass is 28.4. The van der Waals surface area contributed by atoms with E-state index < -0.39 is 8.80 Å². The van der Waals surface area contributed by atoms with Gasteiger partial charge < -0.3 is 18.0 Å². The third-order valence-electron chi connectivity index (χ3n) is 2.36. The summed E-state index contributed by atoms with van der Waals surface area (Å²) in [6.07, 6.45) is 4.77.